The summed E-state index contributed by atoms with van der Waals surface area (Å²) < 4.78 is 39.2. The lowest BCUT2D eigenvalue weighted by molar-refractivity contribution is 0.0849. The smallest absolute Gasteiger partial charge is 0.251 e. The Labute approximate surface area is 98.0 Å². The van der Waals surface area contributed by atoms with Crippen molar-refractivity contribution in [2.45, 2.75) is 12.3 Å². The maximum Gasteiger partial charge on any atom is 0.251 e. The van der Waals surface area contributed by atoms with E-state index in [9.17, 15) is 18.0 Å². The van der Waals surface area contributed by atoms with Gasteiger partial charge in [0.15, 0.2) is 0 Å². The van der Waals surface area contributed by atoms with Gasteiger partial charge in [-0.05, 0) is 28.1 Å². The number of rotatable bonds is 1. The third-order valence-corrected chi connectivity index (χ3v) is 3.15. The molecule has 0 fully saturated rings. The molecule has 0 bridgehead atoms. The van der Waals surface area contributed by atoms with Crippen LogP contribution in [0, 0.1) is 5.82 Å². The Balaban J connectivity index is 2.62. The molecule has 86 valence electrons. The van der Waals surface area contributed by atoms with Crippen LogP contribution in [0.5, 0.6) is 0 Å². The molecule has 0 saturated carbocycles. The monoisotopic (exact) mass is 293 g/mol. The zero-order valence-corrected chi connectivity index (χ0v) is 9.52. The third kappa shape index (κ3) is 1.71. The molecule has 1 N–H and O–H groups in total. The van der Waals surface area contributed by atoms with Gasteiger partial charge in [0.1, 0.15) is 5.82 Å². The highest BCUT2D eigenvalue weighted by Gasteiger charge is 2.34. The van der Waals surface area contributed by atoms with E-state index in [1.54, 1.807) is 0 Å². The average Bonchev–Trinajstić information content (AvgIpc) is 2.23. The van der Waals surface area contributed by atoms with Gasteiger partial charge in [0.2, 0.25) is 6.43 Å². The van der Waals surface area contributed by atoms with E-state index in [1.807, 2.05) is 0 Å². The van der Waals surface area contributed by atoms with Gasteiger partial charge in [0.05, 0.1) is 10.4 Å². The maximum absolute atomic E-state index is 13.7. The number of alkyl halides is 2. The van der Waals surface area contributed by atoms with E-state index in [2.05, 4.69) is 21.2 Å². The van der Waals surface area contributed by atoms with E-state index in [1.165, 1.54) is 12.1 Å². The van der Waals surface area contributed by atoms with Crippen LogP contribution in [0.1, 0.15) is 21.8 Å². The lowest BCUT2D eigenvalue weighted by atomic mass is 9.90. The van der Waals surface area contributed by atoms with Crippen molar-refractivity contribution in [3.8, 4) is 0 Å². The highest BCUT2D eigenvalue weighted by Crippen LogP contribution is 2.34. The predicted molar refractivity (Wildman–Crippen MR) is 55.2 cm³/mol. The van der Waals surface area contributed by atoms with Crippen molar-refractivity contribution in [1.82, 2.24) is 5.32 Å². The van der Waals surface area contributed by atoms with Crippen LogP contribution in [0.3, 0.4) is 0 Å². The minimum absolute atomic E-state index is 0.0164. The number of halogens is 4. The fourth-order valence-corrected chi connectivity index (χ4v) is 2.09. The van der Waals surface area contributed by atoms with Crippen LogP contribution in [0.2, 0.25) is 0 Å². The highest BCUT2D eigenvalue weighted by molar-refractivity contribution is 9.10. The zero-order chi connectivity index (χ0) is 11.9. The molecule has 0 saturated heterocycles. The second kappa shape index (κ2) is 4.08. The zero-order valence-electron chi connectivity index (χ0n) is 7.94. The van der Waals surface area contributed by atoms with Crippen LogP contribution in [0.15, 0.2) is 16.6 Å². The number of carbonyl (C=O) groups is 1. The Morgan fingerprint density at radius 3 is 2.75 bits per heavy atom. The second-order valence-corrected chi connectivity index (χ2v) is 4.33. The van der Waals surface area contributed by atoms with Crippen LogP contribution in [0.4, 0.5) is 13.2 Å². The summed E-state index contributed by atoms with van der Waals surface area (Å²) in [6, 6.07) is 2.67. The number of benzene rings is 1. The van der Waals surface area contributed by atoms with E-state index in [0.29, 0.717) is 0 Å². The number of fused-ring (bicyclic) bond motifs is 1. The summed E-state index contributed by atoms with van der Waals surface area (Å²) in [7, 11) is 0. The predicted octanol–water partition coefficient (Wildman–Crippen LogP) is 2.68. The number of hydrogen-bond donors (Lipinski definition) is 1. The first-order valence-electron chi connectivity index (χ1n) is 4.56. The Hall–Kier alpha value is -1.04. The molecule has 1 aliphatic heterocycles. The van der Waals surface area contributed by atoms with Gasteiger partial charge in [-0.3, -0.25) is 4.79 Å². The quantitative estimate of drug-likeness (QED) is 0.847. The highest BCUT2D eigenvalue weighted by atomic mass is 79.9. The molecule has 2 nitrogen and oxygen atoms in total. The SMILES string of the molecule is O=C1NCC(C(F)F)c2c1ccc(Br)c2F. The fourth-order valence-electron chi connectivity index (χ4n) is 1.74. The molecular formula is C10H7BrF3NO. The van der Waals surface area contributed by atoms with Gasteiger partial charge >= 0.3 is 0 Å². The van der Waals surface area contributed by atoms with Gasteiger partial charge in [-0.25, -0.2) is 13.2 Å². The van der Waals surface area contributed by atoms with Crippen LogP contribution < -0.4 is 5.32 Å². The van der Waals surface area contributed by atoms with Crippen LogP contribution in [-0.4, -0.2) is 18.9 Å². The molecule has 1 aliphatic rings. The first-order valence-corrected chi connectivity index (χ1v) is 5.36. The second-order valence-electron chi connectivity index (χ2n) is 3.47. The first kappa shape index (κ1) is 11.4. The number of carbonyl (C=O) groups excluding carboxylic acids is 1. The van der Waals surface area contributed by atoms with E-state index < -0.39 is 24.1 Å². The molecule has 1 heterocycles. The van der Waals surface area contributed by atoms with Crippen LogP contribution in [-0.2, 0) is 0 Å². The van der Waals surface area contributed by atoms with E-state index in [0.717, 1.165) is 0 Å². The van der Waals surface area contributed by atoms with E-state index >= 15 is 0 Å². The number of nitrogens with one attached hydrogen (secondary N) is 1. The van der Waals surface area contributed by atoms with Gasteiger partial charge in [-0.1, -0.05) is 0 Å². The summed E-state index contributed by atoms with van der Waals surface area (Å²) in [6.45, 7) is -0.239. The minimum atomic E-state index is -2.71. The molecule has 0 radical (unpaired) electrons. The molecule has 6 heteroatoms. The molecule has 1 amide bonds. The normalized spacial score (nSPS) is 19.6. The van der Waals surface area contributed by atoms with Gasteiger partial charge < -0.3 is 5.32 Å². The number of amides is 1. The summed E-state index contributed by atoms with van der Waals surface area (Å²) in [5.41, 5.74) is -0.217. The molecule has 0 aliphatic carbocycles. The van der Waals surface area contributed by atoms with Crippen molar-refractivity contribution < 1.29 is 18.0 Å². The summed E-state index contributed by atoms with van der Waals surface area (Å²) in [4.78, 5) is 11.4. The van der Waals surface area contributed by atoms with Gasteiger partial charge in [-0.2, -0.15) is 0 Å². The Morgan fingerprint density at radius 2 is 2.12 bits per heavy atom. The van der Waals surface area contributed by atoms with Gasteiger partial charge in [-0.15, -0.1) is 0 Å². The Morgan fingerprint density at radius 1 is 1.44 bits per heavy atom. The molecule has 1 aromatic rings. The lowest BCUT2D eigenvalue weighted by Crippen LogP contribution is -2.38. The average molecular weight is 294 g/mol. The van der Waals surface area contributed by atoms with Gasteiger partial charge in [0.25, 0.3) is 5.91 Å². The Kier molecular flexibility index (Phi) is 2.92. The molecule has 2 rings (SSSR count). The van der Waals surface area contributed by atoms with Crippen molar-refractivity contribution in [2.75, 3.05) is 6.54 Å². The Bertz CT molecular complexity index is 450. The molecule has 1 aromatic carbocycles. The van der Waals surface area contributed by atoms with Crippen LogP contribution in [0.25, 0.3) is 0 Å². The minimum Gasteiger partial charge on any atom is -0.351 e. The largest absolute Gasteiger partial charge is 0.351 e. The van der Waals surface area contributed by atoms with Crippen molar-refractivity contribution in [3.63, 3.8) is 0 Å². The molecule has 0 aromatic heterocycles. The fraction of sp³-hybridized carbons (Fsp3) is 0.300. The molecule has 1 atom stereocenters. The maximum atomic E-state index is 13.7. The summed E-state index contributed by atoms with van der Waals surface area (Å²) in [6.07, 6.45) is -2.71. The topological polar surface area (TPSA) is 29.1 Å². The van der Waals surface area contributed by atoms with Crippen molar-refractivity contribution in [2.24, 2.45) is 0 Å². The van der Waals surface area contributed by atoms with Gasteiger partial charge in [0, 0.05) is 17.7 Å². The third-order valence-electron chi connectivity index (χ3n) is 2.53. The molecule has 16 heavy (non-hydrogen) atoms. The summed E-state index contributed by atoms with van der Waals surface area (Å²) >= 11 is 2.92. The van der Waals surface area contributed by atoms with E-state index in [-0.39, 0.29) is 22.1 Å². The standard InChI is InChI=1S/C10H7BrF3NO/c11-6-2-1-4-7(8(6)12)5(9(13)14)3-15-10(4)16/h1-2,5,9H,3H2,(H,15,16). The number of hydrogen-bond acceptors (Lipinski definition) is 1. The van der Waals surface area contributed by atoms with Crippen LogP contribution >= 0.6 is 15.9 Å². The van der Waals surface area contributed by atoms with Crippen molar-refractivity contribution in [1.29, 1.82) is 0 Å². The first-order chi connectivity index (χ1) is 7.52. The van der Waals surface area contributed by atoms with Crippen molar-refractivity contribution >= 4 is 21.8 Å². The van der Waals surface area contributed by atoms with Crippen molar-refractivity contribution in [3.05, 3.63) is 33.5 Å². The summed E-state index contributed by atoms with van der Waals surface area (Å²) in [5, 5.41) is 2.32. The molecule has 1 unspecified atom stereocenters. The van der Waals surface area contributed by atoms with E-state index in [4.69, 9.17) is 0 Å². The molecule has 0 spiro atoms. The lowest BCUT2D eigenvalue weighted by Gasteiger charge is -2.25. The molecular weight excluding hydrogens is 287 g/mol. The summed E-state index contributed by atoms with van der Waals surface area (Å²) in [5.74, 6) is -2.58.